The molecule has 1 saturated heterocycles. The third-order valence-electron chi connectivity index (χ3n) is 5.86. The van der Waals surface area contributed by atoms with Gasteiger partial charge in [-0.1, -0.05) is 19.1 Å². The number of benzene rings is 1. The number of hydrogen-bond donors (Lipinski definition) is 1. The Bertz CT molecular complexity index is 1100. The number of carbonyl (C=O) groups is 2. The molecule has 1 aliphatic rings. The third kappa shape index (κ3) is 6.18. The average molecular weight is 479 g/mol. The molecule has 2 amide bonds. The highest BCUT2D eigenvalue weighted by Gasteiger charge is 2.31. The molecule has 3 rings (SSSR count). The normalized spacial score (nSPS) is 16.3. The number of rotatable bonds is 7. The topological polar surface area (TPSA) is 80.6 Å². The summed E-state index contributed by atoms with van der Waals surface area (Å²) in [5.74, 6) is -1.10. The monoisotopic (exact) mass is 479 g/mol. The first kappa shape index (κ1) is 25.3. The van der Waals surface area contributed by atoms with Crippen molar-refractivity contribution in [1.29, 1.82) is 0 Å². The van der Waals surface area contributed by atoms with Crippen molar-refractivity contribution in [3.63, 3.8) is 0 Å². The first-order valence-corrected chi connectivity index (χ1v) is 11.2. The van der Waals surface area contributed by atoms with Crippen LogP contribution in [0, 0.1) is 0 Å². The van der Waals surface area contributed by atoms with E-state index in [2.05, 4.69) is 0 Å². The van der Waals surface area contributed by atoms with Crippen LogP contribution in [0.25, 0.3) is 0 Å². The number of nitrogens with one attached hydrogen (secondary N) is 1. The van der Waals surface area contributed by atoms with Gasteiger partial charge in [-0.15, -0.1) is 0 Å². The minimum absolute atomic E-state index is 0.0322. The maximum absolute atomic E-state index is 13.4. The summed E-state index contributed by atoms with van der Waals surface area (Å²) in [5, 5.41) is 1.73. The number of carbonyl (C=O) groups excluding carboxylic acids is 2. The Labute approximate surface area is 195 Å². The second kappa shape index (κ2) is 10.8. The Balaban J connectivity index is 2.02. The molecular weight excluding hydrogens is 451 g/mol. The number of alkyl halides is 3. The number of pyridine rings is 1. The average Bonchev–Trinajstić information content (AvgIpc) is 2.82. The highest BCUT2D eigenvalue weighted by molar-refractivity contribution is 5.99. The van der Waals surface area contributed by atoms with Crippen molar-refractivity contribution in [3.05, 3.63) is 63.6 Å². The van der Waals surface area contributed by atoms with E-state index in [1.165, 1.54) is 24.1 Å². The third-order valence-corrected chi connectivity index (χ3v) is 5.86. The molecule has 1 aromatic carbocycles. The lowest BCUT2D eigenvalue weighted by molar-refractivity contribution is -0.123. The molecule has 1 fully saturated rings. The van der Waals surface area contributed by atoms with Crippen molar-refractivity contribution < 1.29 is 27.5 Å². The number of halogens is 3. The molecule has 1 atom stereocenters. The van der Waals surface area contributed by atoms with E-state index in [9.17, 15) is 27.6 Å². The number of piperidine rings is 1. The van der Waals surface area contributed by atoms with Gasteiger partial charge in [-0.2, -0.15) is 13.2 Å². The van der Waals surface area contributed by atoms with E-state index in [-0.39, 0.29) is 18.2 Å². The molecule has 1 unspecified atom stereocenters. The zero-order valence-electron chi connectivity index (χ0n) is 19.2. The fourth-order valence-electron chi connectivity index (χ4n) is 4.14. The Morgan fingerprint density at radius 1 is 1.18 bits per heavy atom. The predicted molar refractivity (Wildman–Crippen MR) is 120 cm³/mol. The number of amides is 2. The van der Waals surface area contributed by atoms with E-state index < -0.39 is 35.5 Å². The van der Waals surface area contributed by atoms with Gasteiger partial charge in [0.15, 0.2) is 0 Å². The zero-order valence-corrected chi connectivity index (χ0v) is 19.2. The second-order valence-electron chi connectivity index (χ2n) is 8.29. The van der Waals surface area contributed by atoms with Crippen LogP contribution in [0.1, 0.15) is 58.9 Å². The van der Waals surface area contributed by atoms with Crippen molar-refractivity contribution >= 4 is 11.8 Å². The smallest absolute Gasteiger partial charge is 0.405 e. The molecule has 2 heterocycles. The standard InChI is InChI=1S/C24H28F3N3O4/c1-3-17-8-4-5-10-30(17)23(33)20-14-29(12-16-7-6-9-18(11-16)34-2)13-19(21(20)31)22(32)28-15-24(25,26)27/h6-7,9,11,13-14,17H,3-5,8,10,12,15H2,1-2H3,(H,28,32). The summed E-state index contributed by atoms with van der Waals surface area (Å²) in [6, 6.07) is 7.03. The Morgan fingerprint density at radius 2 is 1.91 bits per heavy atom. The number of hydrogen-bond acceptors (Lipinski definition) is 4. The number of methoxy groups -OCH3 is 1. The molecule has 2 aromatic rings. The Hall–Kier alpha value is -3.30. The van der Waals surface area contributed by atoms with Gasteiger partial charge in [-0.05, 0) is 43.4 Å². The first-order valence-electron chi connectivity index (χ1n) is 11.2. The molecule has 0 spiro atoms. The van der Waals surface area contributed by atoms with Crippen LogP contribution in [0.5, 0.6) is 5.75 Å². The molecule has 184 valence electrons. The molecular formula is C24H28F3N3O4. The minimum Gasteiger partial charge on any atom is -0.497 e. The fraction of sp³-hybridized carbons (Fsp3) is 0.458. The van der Waals surface area contributed by atoms with Gasteiger partial charge in [0.1, 0.15) is 23.4 Å². The van der Waals surface area contributed by atoms with E-state index in [0.29, 0.717) is 12.3 Å². The predicted octanol–water partition coefficient (Wildman–Crippen LogP) is 3.60. The summed E-state index contributed by atoms with van der Waals surface area (Å²) < 4.78 is 44.6. The molecule has 0 saturated carbocycles. The lowest BCUT2D eigenvalue weighted by atomic mass is 9.98. The van der Waals surface area contributed by atoms with Crippen LogP contribution in [0.3, 0.4) is 0 Å². The number of nitrogens with zero attached hydrogens (tertiary/aromatic N) is 2. The van der Waals surface area contributed by atoms with Gasteiger partial charge in [-0.25, -0.2) is 0 Å². The maximum atomic E-state index is 13.4. The molecule has 0 bridgehead atoms. The van der Waals surface area contributed by atoms with Gasteiger partial charge in [0.2, 0.25) is 5.43 Å². The summed E-state index contributed by atoms with van der Waals surface area (Å²) in [6.45, 7) is 1.04. The SMILES string of the molecule is CCC1CCCCN1C(=O)c1cn(Cc2cccc(OC)c2)cc(C(=O)NCC(F)(F)F)c1=O. The molecule has 10 heteroatoms. The van der Waals surface area contributed by atoms with E-state index in [1.807, 2.05) is 6.92 Å². The Kier molecular flexibility index (Phi) is 8.01. The quantitative estimate of drug-likeness (QED) is 0.658. The summed E-state index contributed by atoms with van der Waals surface area (Å²) in [4.78, 5) is 40.6. The van der Waals surface area contributed by atoms with Crippen molar-refractivity contribution in [1.82, 2.24) is 14.8 Å². The lowest BCUT2D eigenvalue weighted by Gasteiger charge is -2.35. The van der Waals surface area contributed by atoms with Gasteiger partial charge in [-0.3, -0.25) is 14.4 Å². The van der Waals surface area contributed by atoms with Crippen molar-refractivity contribution in [2.24, 2.45) is 0 Å². The van der Waals surface area contributed by atoms with E-state index in [4.69, 9.17) is 4.74 Å². The van der Waals surface area contributed by atoms with Crippen molar-refractivity contribution in [2.45, 2.75) is 51.4 Å². The second-order valence-corrected chi connectivity index (χ2v) is 8.29. The summed E-state index contributed by atoms with van der Waals surface area (Å²) in [6.07, 6.45) is 1.21. The minimum atomic E-state index is -4.63. The lowest BCUT2D eigenvalue weighted by Crippen LogP contribution is -2.46. The van der Waals surface area contributed by atoms with E-state index >= 15 is 0 Å². The fourth-order valence-corrected chi connectivity index (χ4v) is 4.14. The van der Waals surface area contributed by atoms with E-state index in [0.717, 1.165) is 31.2 Å². The summed E-state index contributed by atoms with van der Waals surface area (Å²) >= 11 is 0. The summed E-state index contributed by atoms with van der Waals surface area (Å²) in [7, 11) is 1.51. The highest BCUT2D eigenvalue weighted by atomic mass is 19.4. The van der Waals surface area contributed by atoms with Gasteiger partial charge < -0.3 is 19.5 Å². The zero-order chi connectivity index (χ0) is 24.9. The number of aromatic nitrogens is 1. The van der Waals surface area contributed by atoms with Crippen LogP contribution in [-0.4, -0.2) is 53.7 Å². The highest BCUT2D eigenvalue weighted by Crippen LogP contribution is 2.22. The largest absolute Gasteiger partial charge is 0.497 e. The van der Waals surface area contributed by atoms with Gasteiger partial charge >= 0.3 is 6.18 Å². The van der Waals surface area contributed by atoms with Gasteiger partial charge in [0, 0.05) is 31.5 Å². The van der Waals surface area contributed by atoms with Crippen LogP contribution >= 0.6 is 0 Å². The van der Waals surface area contributed by atoms with Crippen molar-refractivity contribution in [2.75, 3.05) is 20.2 Å². The van der Waals surface area contributed by atoms with Crippen LogP contribution in [0.4, 0.5) is 13.2 Å². The van der Waals surface area contributed by atoms with Gasteiger partial charge in [0.05, 0.1) is 7.11 Å². The van der Waals surface area contributed by atoms with Gasteiger partial charge in [0.25, 0.3) is 11.8 Å². The van der Waals surface area contributed by atoms with Crippen LogP contribution in [0.2, 0.25) is 0 Å². The van der Waals surface area contributed by atoms with Crippen molar-refractivity contribution in [3.8, 4) is 5.75 Å². The number of ether oxygens (including phenoxy) is 1. The van der Waals surface area contributed by atoms with E-state index in [1.54, 1.807) is 34.5 Å². The maximum Gasteiger partial charge on any atom is 0.405 e. The van der Waals surface area contributed by atoms with Crippen LogP contribution in [-0.2, 0) is 6.54 Å². The molecule has 0 aliphatic carbocycles. The van der Waals surface area contributed by atoms with Crippen LogP contribution in [0.15, 0.2) is 41.5 Å². The molecule has 1 aromatic heterocycles. The summed E-state index contributed by atoms with van der Waals surface area (Å²) in [5.41, 5.74) is -0.870. The Morgan fingerprint density at radius 3 is 2.59 bits per heavy atom. The molecule has 1 N–H and O–H groups in total. The molecule has 34 heavy (non-hydrogen) atoms. The molecule has 1 aliphatic heterocycles. The molecule has 0 radical (unpaired) electrons. The van der Waals surface area contributed by atoms with Crippen LogP contribution < -0.4 is 15.5 Å². The molecule has 7 nitrogen and oxygen atoms in total. The first-order chi connectivity index (χ1) is 16.1. The number of likely N-dealkylation sites (tertiary alicyclic amines) is 1.